The monoisotopic (exact) mass is 570 g/mol. The second kappa shape index (κ2) is 10.7. The highest BCUT2D eigenvalue weighted by atomic mass is 16.8. The van der Waals surface area contributed by atoms with E-state index < -0.39 is 42.0 Å². The Labute approximate surface area is 241 Å². The average molecular weight is 571 g/mol. The van der Waals surface area contributed by atoms with Crippen LogP contribution < -0.4 is 10.4 Å². The summed E-state index contributed by atoms with van der Waals surface area (Å²) in [6.45, 7) is 5.38. The van der Waals surface area contributed by atoms with E-state index in [0.717, 1.165) is 11.1 Å². The molecule has 1 aromatic heterocycles. The van der Waals surface area contributed by atoms with Crippen molar-refractivity contribution in [1.82, 2.24) is 0 Å². The van der Waals surface area contributed by atoms with Crippen LogP contribution in [0.15, 0.2) is 82.0 Å². The fraction of sp³-hybridized carbons (Fsp3) is 0.303. The van der Waals surface area contributed by atoms with Gasteiger partial charge in [0.2, 0.25) is 12.4 Å². The summed E-state index contributed by atoms with van der Waals surface area (Å²) < 4.78 is 34.3. The standard InChI is InChI=1S/C33H30O9/c1-18-25(38-31-28-27(40-32(36)41-28)29(37-4)33(2,3)42-31)14-13-22-16-23(30(35)39-26(18)22)17-24(34)21-12-8-11-20(15-21)19-9-6-5-7-10-19/h5-16,27-29,31H,17H2,1-4H3/t27-,28+,29+,31+/m0/s1. The van der Waals surface area contributed by atoms with Crippen molar-refractivity contribution in [3.8, 4) is 16.9 Å². The molecule has 0 saturated carbocycles. The minimum absolute atomic E-state index is 0.103. The summed E-state index contributed by atoms with van der Waals surface area (Å²) in [7, 11) is 1.51. The van der Waals surface area contributed by atoms with Crippen molar-refractivity contribution < 1.29 is 37.7 Å². The normalized spacial score (nSPS) is 22.7. The van der Waals surface area contributed by atoms with Crippen LogP contribution in [0.3, 0.4) is 0 Å². The van der Waals surface area contributed by atoms with E-state index in [4.69, 9.17) is 28.1 Å². The fourth-order valence-corrected chi connectivity index (χ4v) is 5.67. The number of Topliss-reactive ketones (excluding diaryl/α,β-unsaturated/α-hetero) is 1. The molecule has 3 heterocycles. The Kier molecular flexibility index (Phi) is 7.08. The highest BCUT2D eigenvalue weighted by Gasteiger charge is 2.59. The van der Waals surface area contributed by atoms with Gasteiger partial charge in [-0.05, 0) is 56.2 Å². The molecule has 2 saturated heterocycles. The number of aryl methyl sites for hydroxylation is 1. The number of methoxy groups -OCH3 is 1. The van der Waals surface area contributed by atoms with Crippen LogP contribution in [0, 0.1) is 6.92 Å². The van der Waals surface area contributed by atoms with Gasteiger partial charge in [-0.15, -0.1) is 0 Å². The third-order valence-corrected chi connectivity index (χ3v) is 7.77. The van der Waals surface area contributed by atoms with Gasteiger partial charge in [0.1, 0.15) is 17.4 Å². The first-order valence-electron chi connectivity index (χ1n) is 13.6. The van der Waals surface area contributed by atoms with E-state index in [-0.39, 0.29) is 17.8 Å². The lowest BCUT2D eigenvalue weighted by atomic mass is 9.89. The quantitative estimate of drug-likeness (QED) is 0.159. The van der Waals surface area contributed by atoms with Gasteiger partial charge >= 0.3 is 11.8 Å². The zero-order valence-corrected chi connectivity index (χ0v) is 23.6. The van der Waals surface area contributed by atoms with Gasteiger partial charge < -0.3 is 28.1 Å². The second-order valence-corrected chi connectivity index (χ2v) is 11.0. The minimum atomic E-state index is -0.991. The molecule has 2 fully saturated rings. The van der Waals surface area contributed by atoms with E-state index >= 15 is 0 Å². The van der Waals surface area contributed by atoms with E-state index in [9.17, 15) is 14.4 Å². The molecule has 0 spiro atoms. The van der Waals surface area contributed by atoms with Crippen molar-refractivity contribution in [3.05, 3.63) is 99.9 Å². The van der Waals surface area contributed by atoms with E-state index in [1.807, 2.05) is 62.4 Å². The van der Waals surface area contributed by atoms with Crippen molar-refractivity contribution in [2.24, 2.45) is 0 Å². The second-order valence-electron chi connectivity index (χ2n) is 11.0. The van der Waals surface area contributed by atoms with Crippen LogP contribution in [0.1, 0.15) is 35.3 Å². The number of fused-ring (bicyclic) bond motifs is 2. The first-order valence-corrected chi connectivity index (χ1v) is 13.6. The number of hydrogen-bond acceptors (Lipinski definition) is 9. The maximum atomic E-state index is 13.2. The van der Waals surface area contributed by atoms with E-state index in [0.29, 0.717) is 27.8 Å². The van der Waals surface area contributed by atoms with Gasteiger partial charge in [0.05, 0.1) is 5.60 Å². The molecule has 4 aromatic rings. The number of ether oxygens (including phenoxy) is 5. The number of benzene rings is 3. The van der Waals surface area contributed by atoms with Crippen molar-refractivity contribution in [3.63, 3.8) is 0 Å². The summed E-state index contributed by atoms with van der Waals surface area (Å²) >= 11 is 0. The highest BCUT2D eigenvalue weighted by Crippen LogP contribution is 2.39. The van der Waals surface area contributed by atoms with Gasteiger partial charge in [-0.1, -0.05) is 48.5 Å². The van der Waals surface area contributed by atoms with E-state index in [2.05, 4.69) is 0 Å². The van der Waals surface area contributed by atoms with Gasteiger partial charge in [-0.3, -0.25) is 4.79 Å². The molecule has 2 aliphatic rings. The Hall–Kier alpha value is -4.47. The van der Waals surface area contributed by atoms with Gasteiger partial charge in [-0.2, -0.15) is 0 Å². The topological polar surface area (TPSA) is 110 Å². The van der Waals surface area contributed by atoms with E-state index in [1.54, 1.807) is 31.2 Å². The third kappa shape index (κ3) is 5.06. The Morgan fingerprint density at radius 2 is 1.64 bits per heavy atom. The Bertz CT molecular complexity index is 1720. The van der Waals surface area contributed by atoms with Gasteiger partial charge in [0.25, 0.3) is 0 Å². The van der Waals surface area contributed by atoms with Crippen LogP contribution in [0.4, 0.5) is 4.79 Å². The van der Waals surface area contributed by atoms with Crippen molar-refractivity contribution in [2.45, 2.75) is 57.4 Å². The molecule has 42 heavy (non-hydrogen) atoms. The lowest BCUT2D eigenvalue weighted by Gasteiger charge is -2.45. The number of carbonyl (C=O) groups is 2. The number of ketones is 1. The predicted octanol–water partition coefficient (Wildman–Crippen LogP) is 5.63. The molecular formula is C33H30O9. The summed E-state index contributed by atoms with van der Waals surface area (Å²) in [5.41, 5.74) is 2.10. The lowest BCUT2D eigenvalue weighted by molar-refractivity contribution is -0.282. The molecule has 0 aliphatic carbocycles. The largest absolute Gasteiger partial charge is 0.509 e. The van der Waals surface area contributed by atoms with Crippen LogP contribution >= 0.6 is 0 Å². The molecule has 0 bridgehead atoms. The van der Waals surface area contributed by atoms with Crippen molar-refractivity contribution in [2.75, 3.05) is 7.11 Å². The van der Waals surface area contributed by atoms with Crippen LogP contribution in [0.2, 0.25) is 0 Å². The predicted molar refractivity (Wildman–Crippen MR) is 153 cm³/mol. The smallest absolute Gasteiger partial charge is 0.460 e. The molecule has 3 aromatic carbocycles. The molecule has 6 rings (SSSR count). The zero-order valence-electron chi connectivity index (χ0n) is 23.6. The summed E-state index contributed by atoms with van der Waals surface area (Å²) in [6, 6.07) is 22.2. The zero-order chi connectivity index (χ0) is 29.6. The molecule has 0 radical (unpaired) electrons. The van der Waals surface area contributed by atoms with Crippen LogP contribution in [0.5, 0.6) is 5.75 Å². The molecule has 9 heteroatoms. The van der Waals surface area contributed by atoms with Gasteiger partial charge in [0, 0.05) is 35.6 Å². The molecule has 216 valence electrons. The molecular weight excluding hydrogens is 540 g/mol. The Morgan fingerprint density at radius 3 is 2.40 bits per heavy atom. The summed E-state index contributed by atoms with van der Waals surface area (Å²) in [5.74, 6) is 0.191. The average Bonchev–Trinajstić information content (AvgIpc) is 3.36. The maximum absolute atomic E-state index is 13.2. The summed E-state index contributed by atoms with van der Waals surface area (Å²) in [4.78, 5) is 38.1. The Morgan fingerprint density at radius 1 is 0.905 bits per heavy atom. The fourth-order valence-electron chi connectivity index (χ4n) is 5.67. The van der Waals surface area contributed by atoms with Crippen LogP contribution in [-0.2, 0) is 25.4 Å². The van der Waals surface area contributed by atoms with Crippen molar-refractivity contribution >= 4 is 22.9 Å². The SMILES string of the molecule is CO[C@@H]1[C@H]2OC(=O)O[C@H]2[C@H](Oc2ccc3cc(CC(=O)c4cccc(-c5ccccc5)c4)c(=O)oc3c2C)OC1(C)C. The molecule has 9 nitrogen and oxygen atoms in total. The molecule has 2 aliphatic heterocycles. The third-order valence-electron chi connectivity index (χ3n) is 7.77. The molecule has 4 atom stereocenters. The van der Waals surface area contributed by atoms with Crippen LogP contribution in [-0.4, -0.2) is 49.3 Å². The maximum Gasteiger partial charge on any atom is 0.509 e. The van der Waals surface area contributed by atoms with Gasteiger partial charge in [-0.25, -0.2) is 9.59 Å². The summed E-state index contributed by atoms with van der Waals surface area (Å²) in [5, 5.41) is 0.637. The van der Waals surface area contributed by atoms with Gasteiger partial charge in [0.15, 0.2) is 11.9 Å². The van der Waals surface area contributed by atoms with Crippen LogP contribution in [0.25, 0.3) is 22.1 Å². The minimum Gasteiger partial charge on any atom is -0.460 e. The number of hydrogen-bond donors (Lipinski definition) is 0. The molecule has 0 unspecified atom stereocenters. The number of rotatable bonds is 7. The first-order chi connectivity index (χ1) is 20.1. The van der Waals surface area contributed by atoms with E-state index in [1.165, 1.54) is 7.11 Å². The molecule has 0 N–H and O–H groups in total. The molecule has 0 amide bonds. The number of carbonyl (C=O) groups excluding carboxylic acids is 2. The lowest BCUT2D eigenvalue weighted by Crippen LogP contribution is -2.62. The summed E-state index contributed by atoms with van der Waals surface area (Å²) in [6.07, 6.45) is -4.05. The Balaban J connectivity index is 1.24. The first kappa shape index (κ1) is 27.7. The highest BCUT2D eigenvalue weighted by molar-refractivity contribution is 5.99. The van der Waals surface area contributed by atoms with Crippen molar-refractivity contribution in [1.29, 1.82) is 0 Å².